The van der Waals surface area contributed by atoms with Crippen LogP contribution in [0.3, 0.4) is 0 Å². The molecule has 2 fully saturated rings. The molecule has 0 unspecified atom stereocenters. The smallest absolute Gasteiger partial charge is 0.409 e. The number of benzene rings is 1. The first kappa shape index (κ1) is 21.4. The van der Waals surface area contributed by atoms with Gasteiger partial charge in [-0.25, -0.2) is 4.79 Å². The third-order valence-electron chi connectivity index (χ3n) is 7.13. The van der Waals surface area contributed by atoms with E-state index in [0.29, 0.717) is 12.5 Å². The number of hydrogen-bond acceptors (Lipinski definition) is 4. The first-order chi connectivity index (χ1) is 14.4. The molecule has 30 heavy (non-hydrogen) atoms. The molecule has 0 radical (unpaired) electrons. The topological polar surface area (TPSA) is 53.1 Å². The zero-order chi connectivity index (χ0) is 21.3. The number of fused-ring (bicyclic) bond motifs is 2. The van der Waals surface area contributed by atoms with Crippen LogP contribution in [0.2, 0.25) is 5.02 Å². The molecule has 1 aromatic carbocycles. The van der Waals surface area contributed by atoms with Crippen molar-refractivity contribution in [2.24, 2.45) is 5.92 Å². The van der Waals surface area contributed by atoms with E-state index < -0.39 is 0 Å². The zero-order valence-corrected chi connectivity index (χ0v) is 18.8. The van der Waals surface area contributed by atoms with Crippen LogP contribution in [0, 0.1) is 5.92 Å². The molecule has 1 aromatic rings. The number of carbonyl (C=O) groups is 2. The number of ether oxygens (including phenoxy) is 1. The Labute approximate surface area is 184 Å². The van der Waals surface area contributed by atoms with Gasteiger partial charge in [0.25, 0.3) is 0 Å². The fraction of sp³-hybridized carbons (Fsp3) is 0.652. The fourth-order valence-corrected chi connectivity index (χ4v) is 5.56. The lowest BCUT2D eigenvalue weighted by Crippen LogP contribution is -2.48. The predicted octanol–water partition coefficient (Wildman–Crippen LogP) is 3.91. The number of likely N-dealkylation sites (tertiary alicyclic amines) is 2. The van der Waals surface area contributed by atoms with E-state index in [1.807, 2.05) is 28.9 Å². The molecule has 0 aliphatic carbocycles. The lowest BCUT2D eigenvalue weighted by molar-refractivity contribution is -0.116. The Hall–Kier alpha value is -1.79. The van der Waals surface area contributed by atoms with E-state index >= 15 is 0 Å². The predicted molar refractivity (Wildman–Crippen MR) is 118 cm³/mol. The average molecular weight is 434 g/mol. The van der Waals surface area contributed by atoms with Crippen molar-refractivity contribution >= 4 is 29.3 Å². The molecule has 3 aliphatic heterocycles. The van der Waals surface area contributed by atoms with Crippen molar-refractivity contribution in [2.75, 3.05) is 50.8 Å². The van der Waals surface area contributed by atoms with E-state index in [1.54, 1.807) is 6.92 Å². The second-order valence-electron chi connectivity index (χ2n) is 8.98. The van der Waals surface area contributed by atoms with Crippen molar-refractivity contribution in [3.8, 4) is 0 Å². The van der Waals surface area contributed by atoms with Gasteiger partial charge in [0.1, 0.15) is 0 Å². The molecule has 0 atom stereocenters. The van der Waals surface area contributed by atoms with Crippen LogP contribution in [-0.2, 0) is 14.9 Å². The molecule has 3 aliphatic rings. The molecule has 4 rings (SSSR count). The summed E-state index contributed by atoms with van der Waals surface area (Å²) in [5, 5.41) is 0.745. The summed E-state index contributed by atoms with van der Waals surface area (Å²) < 4.78 is 5.12. The van der Waals surface area contributed by atoms with Gasteiger partial charge >= 0.3 is 6.09 Å². The molecule has 0 aromatic heterocycles. The Balaban J connectivity index is 1.34. The highest BCUT2D eigenvalue weighted by atomic mass is 35.5. The summed E-state index contributed by atoms with van der Waals surface area (Å²) in [5.74, 6) is 0.731. The summed E-state index contributed by atoms with van der Waals surface area (Å²) in [5.41, 5.74) is 2.30. The number of carbonyl (C=O) groups excluding carboxylic acids is 2. The number of hydrogen-bond donors (Lipinski definition) is 0. The van der Waals surface area contributed by atoms with Crippen LogP contribution < -0.4 is 4.90 Å². The van der Waals surface area contributed by atoms with Gasteiger partial charge in [-0.1, -0.05) is 11.6 Å². The Morgan fingerprint density at radius 2 is 1.87 bits per heavy atom. The maximum atomic E-state index is 12.2. The molecule has 1 spiro atoms. The third kappa shape index (κ3) is 4.17. The molecule has 7 heteroatoms. The van der Waals surface area contributed by atoms with Crippen LogP contribution >= 0.6 is 11.6 Å². The van der Waals surface area contributed by atoms with Crippen molar-refractivity contribution < 1.29 is 14.3 Å². The van der Waals surface area contributed by atoms with E-state index in [2.05, 4.69) is 11.0 Å². The van der Waals surface area contributed by atoms with Crippen molar-refractivity contribution in [1.29, 1.82) is 0 Å². The minimum atomic E-state index is -0.176. The highest BCUT2D eigenvalue weighted by Gasteiger charge is 2.46. The average Bonchev–Trinajstić information content (AvgIpc) is 3.04. The molecule has 2 amide bonds. The van der Waals surface area contributed by atoms with Crippen LogP contribution in [0.1, 0.15) is 45.1 Å². The second-order valence-corrected chi connectivity index (χ2v) is 9.41. The summed E-state index contributed by atoms with van der Waals surface area (Å²) in [7, 11) is 0. The van der Waals surface area contributed by atoms with Crippen molar-refractivity contribution in [2.45, 2.75) is 44.9 Å². The third-order valence-corrected chi connectivity index (χ3v) is 7.37. The molecule has 0 N–H and O–H groups in total. The largest absolute Gasteiger partial charge is 0.450 e. The highest BCUT2D eigenvalue weighted by Crippen LogP contribution is 2.48. The Bertz CT molecular complexity index is 799. The molecular weight excluding hydrogens is 402 g/mol. The number of amides is 2. The molecule has 164 valence electrons. The fourth-order valence-electron chi connectivity index (χ4n) is 5.39. The Kier molecular flexibility index (Phi) is 6.26. The van der Waals surface area contributed by atoms with E-state index in [-0.39, 0.29) is 17.4 Å². The van der Waals surface area contributed by atoms with Crippen LogP contribution in [0.15, 0.2) is 18.2 Å². The lowest BCUT2D eigenvalue weighted by Gasteiger charge is -2.42. The van der Waals surface area contributed by atoms with Gasteiger partial charge in [-0.2, -0.15) is 0 Å². The SMILES string of the molecule is CCOC(=O)N1CCC(CN2CCC3(CC2)CN(C(C)=O)c2ccc(Cl)cc23)CC1. The quantitative estimate of drug-likeness (QED) is 0.725. The highest BCUT2D eigenvalue weighted by molar-refractivity contribution is 6.30. The maximum Gasteiger partial charge on any atom is 0.409 e. The number of piperidine rings is 2. The standard InChI is InChI=1S/C23H32ClN3O3/c1-3-30-22(29)26-10-6-18(7-11-26)15-25-12-8-23(9-13-25)16-27(17(2)28)21-5-4-19(24)14-20(21)23/h4-5,14,18H,3,6-13,15-16H2,1-2H3. The summed E-state index contributed by atoms with van der Waals surface area (Å²) in [6.07, 6.45) is 4.00. The van der Waals surface area contributed by atoms with E-state index in [1.165, 1.54) is 5.56 Å². The van der Waals surface area contributed by atoms with Gasteiger partial charge in [-0.3, -0.25) is 4.79 Å². The van der Waals surface area contributed by atoms with Crippen LogP contribution in [0.25, 0.3) is 0 Å². The maximum absolute atomic E-state index is 12.2. The number of halogens is 1. The minimum absolute atomic E-state index is 0.0235. The van der Waals surface area contributed by atoms with Gasteiger partial charge in [0, 0.05) is 49.2 Å². The van der Waals surface area contributed by atoms with E-state index in [4.69, 9.17) is 16.3 Å². The molecule has 0 bridgehead atoms. The zero-order valence-electron chi connectivity index (χ0n) is 18.0. The molecular formula is C23H32ClN3O3. The number of nitrogens with zero attached hydrogens (tertiary/aromatic N) is 3. The summed E-state index contributed by atoms with van der Waals surface area (Å²) in [4.78, 5) is 30.4. The van der Waals surface area contributed by atoms with Gasteiger partial charge in [0.2, 0.25) is 5.91 Å². The van der Waals surface area contributed by atoms with Gasteiger partial charge in [0.15, 0.2) is 0 Å². The lowest BCUT2D eigenvalue weighted by atomic mass is 9.74. The Morgan fingerprint density at radius 1 is 1.17 bits per heavy atom. The van der Waals surface area contributed by atoms with Gasteiger partial charge in [0.05, 0.1) is 6.61 Å². The monoisotopic (exact) mass is 433 g/mol. The minimum Gasteiger partial charge on any atom is -0.450 e. The van der Waals surface area contributed by atoms with Crippen molar-refractivity contribution in [3.63, 3.8) is 0 Å². The van der Waals surface area contributed by atoms with Gasteiger partial charge in [-0.15, -0.1) is 0 Å². The normalized spacial score (nSPS) is 21.7. The van der Waals surface area contributed by atoms with Crippen molar-refractivity contribution in [1.82, 2.24) is 9.80 Å². The van der Waals surface area contributed by atoms with Gasteiger partial charge in [-0.05, 0) is 75.4 Å². The van der Waals surface area contributed by atoms with Crippen LogP contribution in [0.5, 0.6) is 0 Å². The number of rotatable bonds is 3. The summed E-state index contributed by atoms with van der Waals surface area (Å²) >= 11 is 6.31. The van der Waals surface area contributed by atoms with Crippen LogP contribution in [0.4, 0.5) is 10.5 Å². The summed E-state index contributed by atoms with van der Waals surface area (Å²) in [6, 6.07) is 5.95. The molecule has 6 nitrogen and oxygen atoms in total. The first-order valence-corrected chi connectivity index (χ1v) is 11.5. The first-order valence-electron chi connectivity index (χ1n) is 11.1. The molecule has 3 heterocycles. The van der Waals surface area contributed by atoms with Crippen molar-refractivity contribution in [3.05, 3.63) is 28.8 Å². The summed E-state index contributed by atoms with van der Waals surface area (Å²) in [6.45, 7) is 9.45. The van der Waals surface area contributed by atoms with E-state index in [0.717, 1.165) is 75.7 Å². The number of anilines is 1. The van der Waals surface area contributed by atoms with E-state index in [9.17, 15) is 9.59 Å². The Morgan fingerprint density at radius 3 is 2.50 bits per heavy atom. The van der Waals surface area contributed by atoms with Crippen LogP contribution in [-0.4, -0.2) is 67.7 Å². The van der Waals surface area contributed by atoms with Gasteiger partial charge < -0.3 is 19.4 Å². The molecule has 2 saturated heterocycles. The molecule has 0 saturated carbocycles. The second kappa shape index (κ2) is 8.75.